The third kappa shape index (κ3) is 5.13. The molecule has 0 aliphatic carbocycles. The molecule has 6 heteroatoms. The number of nitrogens with zero attached hydrogens (tertiary/aromatic N) is 1. The standard InChI is InChI=1S/C16H20N2O3S/c1-2-4-14(19)8-17-16(20)12-5-3-6-15(7-12)21-9-13-10-22-11-18-13/h3,5-7,10-11,14,19H,2,4,8-9H2,1H3,(H,17,20). The van der Waals surface area contributed by atoms with E-state index in [1.807, 2.05) is 12.3 Å². The zero-order valence-corrected chi connectivity index (χ0v) is 13.3. The molecule has 1 atom stereocenters. The molecular formula is C16H20N2O3S. The molecule has 118 valence electrons. The number of rotatable bonds is 8. The fourth-order valence-corrected chi connectivity index (χ4v) is 2.48. The van der Waals surface area contributed by atoms with Crippen LogP contribution in [0.3, 0.4) is 0 Å². The fraction of sp³-hybridized carbons (Fsp3) is 0.375. The highest BCUT2D eigenvalue weighted by molar-refractivity contribution is 7.07. The second kappa shape index (κ2) is 8.51. The second-order valence-electron chi connectivity index (χ2n) is 4.95. The number of aliphatic hydroxyl groups is 1. The second-order valence-corrected chi connectivity index (χ2v) is 5.67. The maximum Gasteiger partial charge on any atom is 0.251 e. The summed E-state index contributed by atoms with van der Waals surface area (Å²) in [6, 6.07) is 6.98. The molecule has 0 radical (unpaired) electrons. The van der Waals surface area contributed by atoms with E-state index in [-0.39, 0.29) is 12.5 Å². The lowest BCUT2D eigenvalue weighted by Crippen LogP contribution is -2.31. The molecule has 0 saturated heterocycles. The van der Waals surface area contributed by atoms with E-state index in [4.69, 9.17) is 4.74 Å². The lowest BCUT2D eigenvalue weighted by Gasteiger charge is -2.11. The largest absolute Gasteiger partial charge is 0.487 e. The lowest BCUT2D eigenvalue weighted by molar-refractivity contribution is 0.0909. The van der Waals surface area contributed by atoms with Crippen LogP contribution in [0, 0.1) is 0 Å². The Hall–Kier alpha value is -1.92. The first-order chi connectivity index (χ1) is 10.7. The van der Waals surface area contributed by atoms with Crippen LogP contribution in [0.5, 0.6) is 5.75 Å². The van der Waals surface area contributed by atoms with Gasteiger partial charge in [0.15, 0.2) is 0 Å². The number of carbonyl (C=O) groups excluding carboxylic acids is 1. The molecular weight excluding hydrogens is 300 g/mol. The third-order valence-corrected chi connectivity index (χ3v) is 3.72. The topological polar surface area (TPSA) is 71.5 Å². The molecule has 1 heterocycles. The van der Waals surface area contributed by atoms with Gasteiger partial charge in [-0.25, -0.2) is 4.98 Å². The number of hydrogen-bond donors (Lipinski definition) is 2. The van der Waals surface area contributed by atoms with Crippen molar-refractivity contribution in [3.8, 4) is 5.75 Å². The van der Waals surface area contributed by atoms with Crippen molar-refractivity contribution in [3.05, 3.63) is 46.4 Å². The van der Waals surface area contributed by atoms with Crippen molar-refractivity contribution in [1.82, 2.24) is 10.3 Å². The first-order valence-electron chi connectivity index (χ1n) is 7.25. The molecule has 0 fully saturated rings. The van der Waals surface area contributed by atoms with Gasteiger partial charge in [0.25, 0.3) is 5.91 Å². The summed E-state index contributed by atoms with van der Waals surface area (Å²) in [7, 11) is 0. The van der Waals surface area contributed by atoms with Crippen LogP contribution in [0.25, 0.3) is 0 Å². The summed E-state index contributed by atoms with van der Waals surface area (Å²) in [5.41, 5.74) is 3.13. The Morgan fingerprint density at radius 3 is 3.09 bits per heavy atom. The monoisotopic (exact) mass is 320 g/mol. The van der Waals surface area contributed by atoms with Gasteiger partial charge in [-0.3, -0.25) is 4.79 Å². The summed E-state index contributed by atoms with van der Waals surface area (Å²) in [6.07, 6.45) is 1.06. The number of carbonyl (C=O) groups is 1. The van der Waals surface area contributed by atoms with Gasteiger partial charge in [0.2, 0.25) is 0 Å². The Bertz CT molecular complexity index is 587. The van der Waals surface area contributed by atoms with E-state index in [0.717, 1.165) is 12.1 Å². The Labute approximate surface area is 134 Å². The van der Waals surface area contributed by atoms with Gasteiger partial charge in [-0.15, -0.1) is 11.3 Å². The maximum atomic E-state index is 12.1. The first kappa shape index (κ1) is 16.5. The van der Waals surface area contributed by atoms with Crippen LogP contribution in [0.4, 0.5) is 0 Å². The van der Waals surface area contributed by atoms with E-state index >= 15 is 0 Å². The molecule has 2 aromatic rings. The molecule has 22 heavy (non-hydrogen) atoms. The minimum Gasteiger partial charge on any atom is -0.487 e. The molecule has 1 aromatic heterocycles. The fourth-order valence-electron chi connectivity index (χ4n) is 1.94. The number of nitrogens with one attached hydrogen (secondary N) is 1. The van der Waals surface area contributed by atoms with E-state index < -0.39 is 6.10 Å². The number of thiazole rings is 1. The smallest absolute Gasteiger partial charge is 0.251 e. The van der Waals surface area contributed by atoms with Gasteiger partial charge in [-0.05, 0) is 24.6 Å². The van der Waals surface area contributed by atoms with Crippen LogP contribution >= 0.6 is 11.3 Å². The number of aromatic nitrogens is 1. The third-order valence-electron chi connectivity index (χ3n) is 3.09. The van der Waals surface area contributed by atoms with Crippen LogP contribution in [0.1, 0.15) is 35.8 Å². The Kier molecular flexibility index (Phi) is 6.36. The average Bonchev–Trinajstić information content (AvgIpc) is 3.04. The van der Waals surface area contributed by atoms with Crippen molar-refractivity contribution < 1.29 is 14.6 Å². The van der Waals surface area contributed by atoms with Gasteiger partial charge in [-0.1, -0.05) is 19.4 Å². The predicted molar refractivity (Wildman–Crippen MR) is 86.1 cm³/mol. The lowest BCUT2D eigenvalue weighted by atomic mass is 10.2. The molecule has 2 rings (SSSR count). The Balaban J connectivity index is 1.88. The van der Waals surface area contributed by atoms with E-state index in [9.17, 15) is 9.90 Å². The minimum absolute atomic E-state index is 0.214. The highest BCUT2D eigenvalue weighted by atomic mass is 32.1. The minimum atomic E-state index is -0.502. The number of aliphatic hydroxyl groups excluding tert-OH is 1. The summed E-state index contributed by atoms with van der Waals surface area (Å²) in [5, 5.41) is 14.3. The van der Waals surface area contributed by atoms with Crippen molar-refractivity contribution in [1.29, 1.82) is 0 Å². The zero-order chi connectivity index (χ0) is 15.8. The van der Waals surface area contributed by atoms with Crippen LogP contribution in [-0.2, 0) is 6.61 Å². The highest BCUT2D eigenvalue weighted by Crippen LogP contribution is 2.15. The molecule has 0 saturated carbocycles. The highest BCUT2D eigenvalue weighted by Gasteiger charge is 2.09. The van der Waals surface area contributed by atoms with Crippen LogP contribution in [0.15, 0.2) is 35.2 Å². The van der Waals surface area contributed by atoms with Crippen LogP contribution in [0.2, 0.25) is 0 Å². The van der Waals surface area contributed by atoms with Crippen molar-refractivity contribution in [2.45, 2.75) is 32.5 Å². The maximum absolute atomic E-state index is 12.1. The van der Waals surface area contributed by atoms with Gasteiger partial charge < -0.3 is 15.2 Å². The molecule has 0 bridgehead atoms. The average molecular weight is 320 g/mol. The normalized spacial score (nSPS) is 11.9. The van der Waals surface area contributed by atoms with E-state index in [0.29, 0.717) is 24.3 Å². The number of hydrogen-bond acceptors (Lipinski definition) is 5. The van der Waals surface area contributed by atoms with E-state index in [2.05, 4.69) is 10.3 Å². The zero-order valence-electron chi connectivity index (χ0n) is 12.5. The van der Waals surface area contributed by atoms with Gasteiger partial charge >= 0.3 is 0 Å². The summed E-state index contributed by atoms with van der Waals surface area (Å²) in [5.74, 6) is 0.406. The Morgan fingerprint density at radius 2 is 2.36 bits per heavy atom. The van der Waals surface area contributed by atoms with Gasteiger partial charge in [-0.2, -0.15) is 0 Å². The summed E-state index contributed by atoms with van der Waals surface area (Å²) < 4.78 is 5.62. The van der Waals surface area contributed by atoms with E-state index in [1.165, 1.54) is 11.3 Å². The molecule has 1 aromatic carbocycles. The van der Waals surface area contributed by atoms with Crippen molar-refractivity contribution in [2.75, 3.05) is 6.54 Å². The number of benzene rings is 1. The summed E-state index contributed by atoms with van der Waals surface area (Å²) in [4.78, 5) is 16.2. The molecule has 1 unspecified atom stereocenters. The quantitative estimate of drug-likeness (QED) is 0.784. The summed E-state index contributed by atoms with van der Waals surface area (Å²) in [6.45, 7) is 2.63. The molecule has 0 spiro atoms. The molecule has 5 nitrogen and oxygen atoms in total. The first-order valence-corrected chi connectivity index (χ1v) is 8.19. The molecule has 1 amide bonds. The SMILES string of the molecule is CCCC(O)CNC(=O)c1cccc(OCc2cscn2)c1. The Morgan fingerprint density at radius 1 is 1.50 bits per heavy atom. The predicted octanol–water partition coefficient (Wildman–Crippen LogP) is 2.61. The molecule has 2 N–H and O–H groups in total. The number of ether oxygens (including phenoxy) is 1. The van der Waals surface area contributed by atoms with E-state index in [1.54, 1.807) is 29.8 Å². The van der Waals surface area contributed by atoms with Gasteiger partial charge in [0.05, 0.1) is 17.3 Å². The van der Waals surface area contributed by atoms with Gasteiger partial charge in [0, 0.05) is 17.5 Å². The van der Waals surface area contributed by atoms with Crippen LogP contribution in [-0.4, -0.2) is 28.6 Å². The van der Waals surface area contributed by atoms with Crippen molar-refractivity contribution in [3.63, 3.8) is 0 Å². The summed E-state index contributed by atoms with van der Waals surface area (Å²) >= 11 is 1.52. The number of amides is 1. The van der Waals surface area contributed by atoms with Crippen LogP contribution < -0.4 is 10.1 Å². The van der Waals surface area contributed by atoms with Crippen molar-refractivity contribution in [2.24, 2.45) is 0 Å². The van der Waals surface area contributed by atoms with Crippen molar-refractivity contribution >= 4 is 17.2 Å². The van der Waals surface area contributed by atoms with Gasteiger partial charge in [0.1, 0.15) is 12.4 Å². The molecule has 0 aliphatic rings. The molecule has 0 aliphatic heterocycles.